The van der Waals surface area contributed by atoms with Crippen LogP contribution in [-0.4, -0.2) is 46.6 Å². The van der Waals surface area contributed by atoms with Crippen molar-refractivity contribution in [3.63, 3.8) is 0 Å². The summed E-state index contributed by atoms with van der Waals surface area (Å²) in [5.74, 6) is 0.0219. The summed E-state index contributed by atoms with van der Waals surface area (Å²) in [7, 11) is 1.83. The number of likely N-dealkylation sites (N-methyl/N-ethyl adjacent to an activating group) is 1. The van der Waals surface area contributed by atoms with E-state index < -0.39 is 0 Å². The quantitative estimate of drug-likeness (QED) is 0.748. The number of carbonyl (C=O) groups is 1. The van der Waals surface area contributed by atoms with Gasteiger partial charge in [-0.15, -0.1) is 5.10 Å². The van der Waals surface area contributed by atoms with Crippen LogP contribution in [0.15, 0.2) is 6.20 Å². The molecule has 0 aromatic carbocycles. The summed E-state index contributed by atoms with van der Waals surface area (Å²) in [5, 5.41) is 6.89. The molecule has 0 radical (unpaired) electrons. The van der Waals surface area contributed by atoms with Crippen LogP contribution in [0.1, 0.15) is 16.1 Å². The molecule has 1 aromatic heterocycles. The van der Waals surface area contributed by atoms with Crippen LogP contribution in [0, 0.1) is 0 Å². The number of hydrogen-bond acceptors (Lipinski definition) is 5. The molecule has 76 valence electrons. The first-order chi connectivity index (χ1) is 6.79. The molecule has 6 heteroatoms. The molecule has 1 aliphatic heterocycles. The Morgan fingerprint density at radius 3 is 3.21 bits per heavy atom. The maximum absolute atomic E-state index is 11.8. The van der Waals surface area contributed by atoms with Gasteiger partial charge >= 0.3 is 0 Å². The maximum atomic E-state index is 11.8. The Morgan fingerprint density at radius 2 is 2.64 bits per heavy atom. The second-order valence-corrected chi connectivity index (χ2v) is 4.13. The van der Waals surface area contributed by atoms with E-state index >= 15 is 0 Å². The number of hydrogen-bond donors (Lipinski definition) is 1. The van der Waals surface area contributed by atoms with Gasteiger partial charge in [0.05, 0.1) is 6.20 Å². The standard InChI is InChI=1S/C8H12N4OS/c1-12(6-2-3-9-4-6)8(13)7-5-10-11-14-7/h5-6,9H,2-4H2,1H3. The molecular formula is C8H12N4OS. The molecule has 1 amide bonds. The van der Waals surface area contributed by atoms with Crippen LogP contribution in [0.3, 0.4) is 0 Å². The Labute approximate surface area is 86.3 Å². The van der Waals surface area contributed by atoms with E-state index in [1.54, 1.807) is 4.90 Å². The van der Waals surface area contributed by atoms with E-state index in [1.807, 2.05) is 7.05 Å². The van der Waals surface area contributed by atoms with Gasteiger partial charge in [0, 0.05) is 19.6 Å². The highest BCUT2D eigenvalue weighted by Gasteiger charge is 2.24. The first-order valence-electron chi connectivity index (χ1n) is 4.54. The van der Waals surface area contributed by atoms with Crippen molar-refractivity contribution in [2.45, 2.75) is 12.5 Å². The van der Waals surface area contributed by atoms with E-state index in [-0.39, 0.29) is 5.91 Å². The van der Waals surface area contributed by atoms with Crippen molar-refractivity contribution in [1.82, 2.24) is 19.8 Å². The highest BCUT2D eigenvalue weighted by molar-refractivity contribution is 7.07. The molecule has 2 rings (SSSR count). The van der Waals surface area contributed by atoms with Gasteiger partial charge in [0.2, 0.25) is 0 Å². The normalized spacial score (nSPS) is 21.1. The number of carbonyl (C=O) groups excluding carboxylic acids is 1. The monoisotopic (exact) mass is 212 g/mol. The van der Waals surface area contributed by atoms with Crippen molar-refractivity contribution in [1.29, 1.82) is 0 Å². The summed E-state index contributed by atoms with van der Waals surface area (Å²) in [6, 6.07) is 0.310. The lowest BCUT2D eigenvalue weighted by Crippen LogP contribution is -2.37. The van der Waals surface area contributed by atoms with Crippen LogP contribution >= 0.6 is 11.5 Å². The average molecular weight is 212 g/mol. The molecule has 1 aromatic rings. The van der Waals surface area contributed by atoms with Crippen LogP contribution in [0.4, 0.5) is 0 Å². The van der Waals surface area contributed by atoms with Crippen LogP contribution in [0.2, 0.25) is 0 Å². The van der Waals surface area contributed by atoms with Gasteiger partial charge in [-0.2, -0.15) is 0 Å². The van der Waals surface area contributed by atoms with Crippen molar-refractivity contribution in [2.24, 2.45) is 0 Å². The van der Waals surface area contributed by atoms with Crippen molar-refractivity contribution in [3.05, 3.63) is 11.1 Å². The first kappa shape index (κ1) is 9.54. The van der Waals surface area contributed by atoms with Gasteiger partial charge in [-0.1, -0.05) is 4.49 Å². The number of aromatic nitrogens is 2. The third-order valence-corrected chi connectivity index (χ3v) is 3.13. The minimum absolute atomic E-state index is 0.0219. The van der Waals surface area contributed by atoms with Gasteiger partial charge in [0.15, 0.2) is 0 Å². The zero-order valence-electron chi connectivity index (χ0n) is 7.93. The fourth-order valence-electron chi connectivity index (χ4n) is 1.57. The second kappa shape index (κ2) is 4.02. The first-order valence-corrected chi connectivity index (χ1v) is 5.31. The van der Waals surface area contributed by atoms with Gasteiger partial charge in [-0.25, -0.2) is 0 Å². The average Bonchev–Trinajstić information content (AvgIpc) is 2.87. The summed E-state index contributed by atoms with van der Waals surface area (Å²) in [6.45, 7) is 1.87. The van der Waals surface area contributed by atoms with Crippen molar-refractivity contribution >= 4 is 17.4 Å². The van der Waals surface area contributed by atoms with Gasteiger partial charge in [-0.05, 0) is 24.5 Å². The molecule has 1 aliphatic rings. The van der Waals surface area contributed by atoms with E-state index in [0.717, 1.165) is 31.0 Å². The van der Waals surface area contributed by atoms with E-state index in [2.05, 4.69) is 14.9 Å². The predicted molar refractivity (Wildman–Crippen MR) is 53.3 cm³/mol. The number of rotatable bonds is 2. The second-order valence-electron chi connectivity index (χ2n) is 3.34. The molecule has 0 aliphatic carbocycles. The molecule has 1 N–H and O–H groups in total. The Kier molecular flexibility index (Phi) is 2.74. The molecule has 1 fully saturated rings. The topological polar surface area (TPSA) is 58.1 Å². The number of nitrogens with zero attached hydrogens (tertiary/aromatic N) is 3. The lowest BCUT2D eigenvalue weighted by atomic mass is 10.2. The molecule has 1 atom stereocenters. The summed E-state index contributed by atoms with van der Waals surface area (Å²) in [4.78, 5) is 14.2. The molecular weight excluding hydrogens is 200 g/mol. The summed E-state index contributed by atoms with van der Waals surface area (Å²) >= 11 is 1.15. The third kappa shape index (κ3) is 1.76. The lowest BCUT2D eigenvalue weighted by Gasteiger charge is -2.22. The molecule has 2 heterocycles. The van der Waals surface area contributed by atoms with E-state index in [0.29, 0.717) is 10.9 Å². The van der Waals surface area contributed by atoms with Crippen LogP contribution in [0.25, 0.3) is 0 Å². The fraction of sp³-hybridized carbons (Fsp3) is 0.625. The minimum atomic E-state index is 0.0219. The number of amides is 1. The van der Waals surface area contributed by atoms with Crippen LogP contribution < -0.4 is 5.32 Å². The van der Waals surface area contributed by atoms with Crippen molar-refractivity contribution in [2.75, 3.05) is 20.1 Å². The van der Waals surface area contributed by atoms with Gasteiger partial charge in [0.25, 0.3) is 5.91 Å². The molecule has 0 spiro atoms. The Balaban J connectivity index is 2.04. The molecule has 0 saturated carbocycles. The van der Waals surface area contributed by atoms with Gasteiger partial charge in [-0.3, -0.25) is 4.79 Å². The zero-order chi connectivity index (χ0) is 9.97. The van der Waals surface area contributed by atoms with Crippen LogP contribution in [-0.2, 0) is 0 Å². The fourth-order valence-corrected chi connectivity index (χ4v) is 2.07. The molecule has 14 heavy (non-hydrogen) atoms. The summed E-state index contributed by atoms with van der Waals surface area (Å²) in [5.41, 5.74) is 0. The van der Waals surface area contributed by atoms with Crippen molar-refractivity contribution in [3.8, 4) is 0 Å². The van der Waals surface area contributed by atoms with E-state index in [1.165, 1.54) is 6.20 Å². The van der Waals surface area contributed by atoms with E-state index in [4.69, 9.17) is 0 Å². The third-order valence-electron chi connectivity index (χ3n) is 2.47. The smallest absolute Gasteiger partial charge is 0.267 e. The minimum Gasteiger partial charge on any atom is -0.337 e. The Morgan fingerprint density at radius 1 is 1.79 bits per heavy atom. The summed E-state index contributed by atoms with van der Waals surface area (Å²) < 4.78 is 3.68. The molecule has 1 unspecified atom stereocenters. The predicted octanol–water partition coefficient (Wildman–Crippen LogP) is -0.0280. The van der Waals surface area contributed by atoms with Crippen molar-refractivity contribution < 1.29 is 4.79 Å². The largest absolute Gasteiger partial charge is 0.337 e. The van der Waals surface area contributed by atoms with Crippen LogP contribution in [0.5, 0.6) is 0 Å². The SMILES string of the molecule is CN(C(=O)c1cnns1)C1CCNC1. The number of nitrogens with one attached hydrogen (secondary N) is 1. The van der Waals surface area contributed by atoms with Gasteiger partial charge in [0.1, 0.15) is 4.88 Å². The Bertz CT molecular complexity index is 307. The zero-order valence-corrected chi connectivity index (χ0v) is 8.75. The molecule has 1 saturated heterocycles. The van der Waals surface area contributed by atoms with E-state index in [9.17, 15) is 4.79 Å². The van der Waals surface area contributed by atoms with Gasteiger partial charge < -0.3 is 10.2 Å². The highest BCUT2D eigenvalue weighted by atomic mass is 32.1. The summed E-state index contributed by atoms with van der Waals surface area (Å²) in [6.07, 6.45) is 2.54. The highest BCUT2D eigenvalue weighted by Crippen LogP contribution is 2.12. The molecule has 5 nitrogen and oxygen atoms in total. The molecule has 0 bridgehead atoms. The Hall–Kier alpha value is -1.01. The maximum Gasteiger partial charge on any atom is 0.267 e. The lowest BCUT2D eigenvalue weighted by molar-refractivity contribution is 0.0748.